The van der Waals surface area contributed by atoms with Gasteiger partial charge in [0.15, 0.2) is 0 Å². The van der Waals surface area contributed by atoms with Crippen molar-refractivity contribution < 1.29 is 17.0 Å². The van der Waals surface area contributed by atoms with Crippen LogP contribution in [0.4, 0.5) is 4.39 Å². The monoisotopic (exact) mass is 284 g/mol. The molecule has 0 heterocycles. The Labute approximate surface area is 112 Å². The Kier molecular flexibility index (Phi) is 3.14. The van der Waals surface area contributed by atoms with Crippen LogP contribution in [0.2, 0.25) is 0 Å². The standard InChI is InChI=1S/C14H17FO3S/c1-9-2-4-11(5-3-9)19(16,17)18-14-8-10-6-12(14)13(15)7-10/h2-5,10,12-14H,6-8H2,1H3/t10-,12+,13-,14+/m0/s1. The first kappa shape index (κ1) is 13.1. The molecule has 1 aromatic rings. The van der Waals surface area contributed by atoms with Gasteiger partial charge in [-0.3, -0.25) is 4.18 Å². The SMILES string of the molecule is Cc1ccc(S(=O)(=O)O[C@@H]2C[C@H]3C[C@@H]2[C@@H](F)C3)cc1. The smallest absolute Gasteiger partial charge is 0.263 e. The predicted molar refractivity (Wildman–Crippen MR) is 69.0 cm³/mol. The van der Waals surface area contributed by atoms with Crippen LogP contribution in [0.1, 0.15) is 24.8 Å². The predicted octanol–water partition coefficient (Wildman–Crippen LogP) is 2.84. The van der Waals surface area contributed by atoms with E-state index in [0.717, 1.165) is 12.0 Å². The fourth-order valence-corrected chi connectivity index (χ4v) is 4.36. The van der Waals surface area contributed by atoms with E-state index < -0.39 is 22.4 Å². The lowest BCUT2D eigenvalue weighted by molar-refractivity contribution is 0.0875. The van der Waals surface area contributed by atoms with Crippen LogP contribution < -0.4 is 0 Å². The van der Waals surface area contributed by atoms with Crippen LogP contribution >= 0.6 is 0 Å². The molecular formula is C14H17FO3S. The number of hydrogen-bond donors (Lipinski definition) is 0. The van der Waals surface area contributed by atoms with Crippen molar-refractivity contribution in [1.29, 1.82) is 0 Å². The van der Waals surface area contributed by atoms with E-state index in [0.29, 0.717) is 18.8 Å². The molecule has 0 spiro atoms. The highest BCUT2D eigenvalue weighted by molar-refractivity contribution is 7.86. The number of rotatable bonds is 3. The van der Waals surface area contributed by atoms with Gasteiger partial charge in [0.2, 0.25) is 0 Å². The summed E-state index contributed by atoms with van der Waals surface area (Å²) in [5.41, 5.74) is 0.989. The van der Waals surface area contributed by atoms with Crippen molar-refractivity contribution in [2.75, 3.05) is 0 Å². The van der Waals surface area contributed by atoms with E-state index >= 15 is 0 Å². The Bertz CT molecular complexity index is 567. The second-order valence-corrected chi connectivity index (χ2v) is 7.23. The van der Waals surface area contributed by atoms with Gasteiger partial charge in [-0.1, -0.05) is 17.7 Å². The van der Waals surface area contributed by atoms with Gasteiger partial charge in [-0.2, -0.15) is 8.42 Å². The van der Waals surface area contributed by atoms with Crippen molar-refractivity contribution >= 4 is 10.1 Å². The molecule has 19 heavy (non-hydrogen) atoms. The summed E-state index contributed by atoms with van der Waals surface area (Å²) in [5, 5.41) is 0. The summed E-state index contributed by atoms with van der Waals surface area (Å²) < 4.78 is 43.2. The minimum absolute atomic E-state index is 0.149. The van der Waals surface area contributed by atoms with E-state index in [4.69, 9.17) is 4.18 Å². The van der Waals surface area contributed by atoms with Gasteiger partial charge in [0, 0.05) is 5.92 Å². The molecule has 0 aliphatic heterocycles. The highest BCUT2D eigenvalue weighted by atomic mass is 32.2. The average molecular weight is 284 g/mol. The lowest BCUT2D eigenvalue weighted by Crippen LogP contribution is -2.30. The first-order chi connectivity index (χ1) is 8.95. The van der Waals surface area contributed by atoms with Crippen molar-refractivity contribution in [2.45, 2.75) is 43.4 Å². The maximum absolute atomic E-state index is 13.6. The van der Waals surface area contributed by atoms with E-state index in [1.807, 2.05) is 6.92 Å². The van der Waals surface area contributed by atoms with Gasteiger partial charge in [0.25, 0.3) is 10.1 Å². The molecule has 3 nitrogen and oxygen atoms in total. The van der Waals surface area contributed by atoms with Crippen molar-refractivity contribution in [3.63, 3.8) is 0 Å². The highest BCUT2D eigenvalue weighted by Gasteiger charge is 2.48. The maximum Gasteiger partial charge on any atom is 0.297 e. The molecule has 104 valence electrons. The first-order valence-corrected chi connectivity index (χ1v) is 8.00. The van der Waals surface area contributed by atoms with E-state index in [1.54, 1.807) is 12.1 Å². The van der Waals surface area contributed by atoms with Gasteiger partial charge < -0.3 is 0 Å². The molecule has 2 aliphatic rings. The lowest BCUT2D eigenvalue weighted by Gasteiger charge is -2.24. The third-order valence-electron chi connectivity index (χ3n) is 4.23. The summed E-state index contributed by atoms with van der Waals surface area (Å²) in [6.45, 7) is 1.89. The van der Waals surface area contributed by atoms with Crippen LogP contribution in [0.5, 0.6) is 0 Å². The van der Waals surface area contributed by atoms with Crippen LogP contribution in [-0.4, -0.2) is 20.7 Å². The average Bonchev–Trinajstić information content (AvgIpc) is 2.87. The number of hydrogen-bond acceptors (Lipinski definition) is 3. The summed E-state index contributed by atoms with van der Waals surface area (Å²) in [5.74, 6) is 0.0449. The van der Waals surface area contributed by atoms with Crippen molar-refractivity contribution in [1.82, 2.24) is 0 Å². The van der Waals surface area contributed by atoms with E-state index in [-0.39, 0.29) is 10.8 Å². The van der Waals surface area contributed by atoms with Gasteiger partial charge in [-0.15, -0.1) is 0 Å². The summed E-state index contributed by atoms with van der Waals surface area (Å²) in [6, 6.07) is 6.53. The van der Waals surface area contributed by atoms with Crippen LogP contribution in [-0.2, 0) is 14.3 Å². The quantitative estimate of drug-likeness (QED) is 0.802. The Morgan fingerprint density at radius 3 is 2.42 bits per heavy atom. The topological polar surface area (TPSA) is 43.4 Å². The molecular weight excluding hydrogens is 267 g/mol. The largest absolute Gasteiger partial charge is 0.297 e. The van der Waals surface area contributed by atoms with Gasteiger partial charge in [0.05, 0.1) is 11.0 Å². The maximum atomic E-state index is 13.6. The highest BCUT2D eigenvalue weighted by Crippen LogP contribution is 2.48. The summed E-state index contributed by atoms with van der Waals surface area (Å²) in [4.78, 5) is 0.149. The second-order valence-electron chi connectivity index (χ2n) is 5.65. The molecule has 0 amide bonds. The van der Waals surface area contributed by atoms with Crippen molar-refractivity contribution in [3.8, 4) is 0 Å². The molecule has 0 aromatic heterocycles. The number of halogens is 1. The summed E-state index contributed by atoms with van der Waals surface area (Å²) in [7, 11) is -3.77. The van der Waals surface area contributed by atoms with Crippen LogP contribution in [0.15, 0.2) is 29.2 Å². The number of fused-ring (bicyclic) bond motifs is 2. The third kappa shape index (κ3) is 2.41. The third-order valence-corrected chi connectivity index (χ3v) is 5.58. The number of benzene rings is 1. The fourth-order valence-electron chi connectivity index (χ4n) is 3.24. The molecule has 0 radical (unpaired) electrons. The van der Waals surface area contributed by atoms with E-state index in [1.165, 1.54) is 12.1 Å². The Hall–Kier alpha value is -0.940. The second kappa shape index (κ2) is 4.56. The minimum atomic E-state index is -3.77. The summed E-state index contributed by atoms with van der Waals surface area (Å²) >= 11 is 0. The molecule has 0 saturated heterocycles. The van der Waals surface area contributed by atoms with Gasteiger partial charge in [0.1, 0.15) is 6.17 Å². The fraction of sp³-hybridized carbons (Fsp3) is 0.571. The molecule has 2 bridgehead atoms. The van der Waals surface area contributed by atoms with Crippen LogP contribution in [0.3, 0.4) is 0 Å². The van der Waals surface area contributed by atoms with E-state index in [2.05, 4.69) is 0 Å². The molecule has 2 fully saturated rings. The van der Waals surface area contributed by atoms with E-state index in [9.17, 15) is 12.8 Å². The Morgan fingerprint density at radius 2 is 1.84 bits per heavy atom. The first-order valence-electron chi connectivity index (χ1n) is 6.60. The van der Waals surface area contributed by atoms with Crippen LogP contribution in [0, 0.1) is 18.8 Å². The van der Waals surface area contributed by atoms with Crippen molar-refractivity contribution in [2.24, 2.45) is 11.8 Å². The van der Waals surface area contributed by atoms with Crippen LogP contribution in [0.25, 0.3) is 0 Å². The zero-order chi connectivity index (χ0) is 13.6. The molecule has 4 atom stereocenters. The summed E-state index contributed by atoms with van der Waals surface area (Å²) in [6.07, 6.45) is 0.595. The van der Waals surface area contributed by atoms with Gasteiger partial charge >= 0.3 is 0 Å². The molecule has 5 heteroatoms. The number of aryl methyl sites for hydroxylation is 1. The Balaban J connectivity index is 1.77. The van der Waals surface area contributed by atoms with Gasteiger partial charge in [-0.05, 0) is 44.2 Å². The molecule has 3 rings (SSSR count). The normalized spacial score (nSPS) is 33.8. The minimum Gasteiger partial charge on any atom is -0.263 e. The zero-order valence-corrected chi connectivity index (χ0v) is 11.6. The lowest BCUT2D eigenvalue weighted by atomic mass is 9.96. The number of alkyl halides is 1. The van der Waals surface area contributed by atoms with Crippen molar-refractivity contribution in [3.05, 3.63) is 29.8 Å². The van der Waals surface area contributed by atoms with Gasteiger partial charge in [-0.25, -0.2) is 4.39 Å². The Morgan fingerprint density at radius 1 is 1.16 bits per heavy atom. The molecule has 0 N–H and O–H groups in total. The molecule has 2 saturated carbocycles. The molecule has 1 aromatic carbocycles. The molecule has 2 aliphatic carbocycles. The zero-order valence-electron chi connectivity index (χ0n) is 10.8. The molecule has 0 unspecified atom stereocenters.